The maximum absolute atomic E-state index is 11.8. The van der Waals surface area contributed by atoms with E-state index in [0.717, 1.165) is 17.7 Å². The highest BCUT2D eigenvalue weighted by Crippen LogP contribution is 2.28. The first-order valence-corrected chi connectivity index (χ1v) is 8.49. The summed E-state index contributed by atoms with van der Waals surface area (Å²) >= 11 is 0. The molecule has 0 spiro atoms. The number of carbonyl (C=O) groups excluding carboxylic acids is 1. The smallest absolute Gasteiger partial charge is 0.232 e. The van der Waals surface area contributed by atoms with Gasteiger partial charge in [0, 0.05) is 18.7 Å². The molecule has 1 amide bonds. The van der Waals surface area contributed by atoms with Crippen LogP contribution in [0.5, 0.6) is 0 Å². The van der Waals surface area contributed by atoms with Gasteiger partial charge in [-0.3, -0.25) is 9.52 Å². The van der Waals surface area contributed by atoms with Crippen molar-refractivity contribution in [1.29, 1.82) is 0 Å². The number of nitrogens with one attached hydrogen (secondary N) is 1. The van der Waals surface area contributed by atoms with Gasteiger partial charge in [-0.05, 0) is 37.5 Å². The zero-order chi connectivity index (χ0) is 14.8. The first-order valence-electron chi connectivity index (χ1n) is 6.84. The molecular weight excluding hydrogens is 276 g/mol. The number of sulfonamides is 1. The Morgan fingerprint density at radius 1 is 1.35 bits per heavy atom. The van der Waals surface area contributed by atoms with E-state index < -0.39 is 10.0 Å². The Morgan fingerprint density at radius 3 is 2.70 bits per heavy atom. The molecule has 6 heteroatoms. The minimum atomic E-state index is -3.30. The van der Waals surface area contributed by atoms with Crippen LogP contribution in [0.2, 0.25) is 0 Å². The molecular formula is C14H20N2O3S. The third-order valence-corrected chi connectivity index (χ3v) is 4.81. The Morgan fingerprint density at radius 2 is 2.10 bits per heavy atom. The van der Waals surface area contributed by atoms with Gasteiger partial charge in [0.2, 0.25) is 15.9 Å². The normalized spacial score (nSPS) is 15.7. The minimum absolute atomic E-state index is 0.0961. The molecule has 1 aliphatic rings. The maximum atomic E-state index is 11.8. The molecule has 1 aromatic carbocycles. The highest BCUT2D eigenvalue weighted by molar-refractivity contribution is 7.92. The quantitative estimate of drug-likeness (QED) is 0.906. The van der Waals surface area contributed by atoms with E-state index >= 15 is 0 Å². The van der Waals surface area contributed by atoms with Gasteiger partial charge in [0.05, 0.1) is 11.4 Å². The SMILES string of the molecule is CCCS(=O)(=O)Nc1ccc(C)c(N2CCCC2=O)c1. The molecule has 0 aromatic heterocycles. The average molecular weight is 296 g/mol. The van der Waals surface area contributed by atoms with Crippen molar-refractivity contribution in [3.8, 4) is 0 Å². The third-order valence-electron chi connectivity index (χ3n) is 3.32. The lowest BCUT2D eigenvalue weighted by Crippen LogP contribution is -2.25. The second-order valence-corrected chi connectivity index (χ2v) is 6.91. The number of nitrogens with zero attached hydrogens (tertiary/aromatic N) is 1. The number of benzene rings is 1. The number of amides is 1. The molecule has 0 atom stereocenters. The summed E-state index contributed by atoms with van der Waals surface area (Å²) < 4.78 is 26.1. The highest BCUT2D eigenvalue weighted by atomic mass is 32.2. The van der Waals surface area contributed by atoms with Crippen molar-refractivity contribution in [3.05, 3.63) is 23.8 Å². The summed E-state index contributed by atoms with van der Waals surface area (Å²) in [4.78, 5) is 13.5. The van der Waals surface area contributed by atoms with Crippen LogP contribution in [0.15, 0.2) is 18.2 Å². The molecule has 2 rings (SSSR count). The fourth-order valence-corrected chi connectivity index (χ4v) is 3.49. The predicted molar refractivity (Wildman–Crippen MR) is 80.5 cm³/mol. The van der Waals surface area contributed by atoms with Gasteiger partial charge in [0.15, 0.2) is 0 Å². The van der Waals surface area contributed by atoms with Crippen LogP contribution in [0.1, 0.15) is 31.7 Å². The molecule has 0 unspecified atom stereocenters. The van der Waals surface area contributed by atoms with Crippen molar-refractivity contribution in [2.75, 3.05) is 21.9 Å². The van der Waals surface area contributed by atoms with E-state index in [-0.39, 0.29) is 11.7 Å². The molecule has 5 nitrogen and oxygen atoms in total. The van der Waals surface area contributed by atoms with Gasteiger partial charge in [-0.2, -0.15) is 0 Å². The van der Waals surface area contributed by atoms with Gasteiger partial charge < -0.3 is 4.90 Å². The molecule has 1 heterocycles. The van der Waals surface area contributed by atoms with Gasteiger partial charge in [-0.25, -0.2) is 8.42 Å². The number of rotatable bonds is 5. The van der Waals surface area contributed by atoms with Gasteiger partial charge in [-0.1, -0.05) is 13.0 Å². The summed E-state index contributed by atoms with van der Waals surface area (Å²) in [5, 5.41) is 0. The third kappa shape index (κ3) is 3.30. The zero-order valence-corrected chi connectivity index (χ0v) is 12.7. The summed E-state index contributed by atoms with van der Waals surface area (Å²) in [7, 11) is -3.30. The van der Waals surface area contributed by atoms with E-state index in [2.05, 4.69) is 4.72 Å². The Labute approximate surface area is 120 Å². The molecule has 1 saturated heterocycles. The number of carbonyl (C=O) groups is 1. The van der Waals surface area contributed by atoms with Gasteiger partial charge in [0.1, 0.15) is 0 Å². The summed E-state index contributed by atoms with van der Waals surface area (Å²) in [5.74, 6) is 0.195. The van der Waals surface area contributed by atoms with Crippen LogP contribution in [0.25, 0.3) is 0 Å². The van der Waals surface area contributed by atoms with E-state index in [9.17, 15) is 13.2 Å². The van der Waals surface area contributed by atoms with Crippen LogP contribution in [-0.4, -0.2) is 26.6 Å². The molecule has 1 fully saturated rings. The van der Waals surface area contributed by atoms with Gasteiger partial charge in [-0.15, -0.1) is 0 Å². The molecule has 0 radical (unpaired) electrons. The van der Waals surface area contributed by atoms with Crippen LogP contribution in [0.4, 0.5) is 11.4 Å². The number of hydrogen-bond acceptors (Lipinski definition) is 3. The van der Waals surface area contributed by atoms with Crippen molar-refractivity contribution >= 4 is 27.3 Å². The van der Waals surface area contributed by atoms with Crippen LogP contribution < -0.4 is 9.62 Å². The number of hydrogen-bond donors (Lipinski definition) is 1. The average Bonchev–Trinajstić information content (AvgIpc) is 2.77. The Balaban J connectivity index is 2.27. The first kappa shape index (κ1) is 14.8. The van der Waals surface area contributed by atoms with Crippen LogP contribution >= 0.6 is 0 Å². The molecule has 1 N–H and O–H groups in total. The molecule has 110 valence electrons. The van der Waals surface area contributed by atoms with E-state index in [1.165, 1.54) is 0 Å². The number of aryl methyl sites for hydroxylation is 1. The summed E-state index contributed by atoms with van der Waals surface area (Å²) in [5.41, 5.74) is 2.28. The largest absolute Gasteiger partial charge is 0.312 e. The van der Waals surface area contributed by atoms with Crippen molar-refractivity contribution in [2.45, 2.75) is 33.1 Å². The first-order chi connectivity index (χ1) is 9.43. The van der Waals surface area contributed by atoms with E-state index in [1.54, 1.807) is 17.0 Å². The Kier molecular flexibility index (Phi) is 4.32. The van der Waals surface area contributed by atoms with Crippen LogP contribution in [0.3, 0.4) is 0 Å². The minimum Gasteiger partial charge on any atom is -0.312 e. The Bertz CT molecular complexity index is 611. The predicted octanol–water partition coefficient (Wildman–Crippen LogP) is 2.27. The topological polar surface area (TPSA) is 66.5 Å². The molecule has 0 bridgehead atoms. The van der Waals surface area contributed by atoms with E-state index in [0.29, 0.717) is 25.1 Å². The maximum Gasteiger partial charge on any atom is 0.232 e. The van der Waals surface area contributed by atoms with E-state index in [1.807, 2.05) is 19.9 Å². The van der Waals surface area contributed by atoms with Crippen molar-refractivity contribution in [2.24, 2.45) is 0 Å². The highest BCUT2D eigenvalue weighted by Gasteiger charge is 2.23. The lowest BCUT2D eigenvalue weighted by molar-refractivity contribution is -0.117. The standard InChI is InChI=1S/C14H20N2O3S/c1-3-9-20(18,19)15-12-7-6-11(2)13(10-12)16-8-4-5-14(16)17/h6-7,10,15H,3-5,8-9H2,1-2H3. The molecule has 1 aliphatic heterocycles. The second-order valence-electron chi connectivity index (χ2n) is 5.07. The van der Waals surface area contributed by atoms with Crippen LogP contribution in [0, 0.1) is 6.92 Å². The summed E-state index contributed by atoms with van der Waals surface area (Å²) in [6, 6.07) is 5.31. The van der Waals surface area contributed by atoms with E-state index in [4.69, 9.17) is 0 Å². The zero-order valence-electron chi connectivity index (χ0n) is 11.8. The van der Waals surface area contributed by atoms with Crippen molar-refractivity contribution in [3.63, 3.8) is 0 Å². The molecule has 1 aromatic rings. The Hall–Kier alpha value is -1.56. The summed E-state index contributed by atoms with van der Waals surface area (Å²) in [6.45, 7) is 4.44. The second kappa shape index (κ2) is 5.83. The van der Waals surface area contributed by atoms with Crippen molar-refractivity contribution in [1.82, 2.24) is 0 Å². The van der Waals surface area contributed by atoms with Crippen LogP contribution in [-0.2, 0) is 14.8 Å². The monoisotopic (exact) mass is 296 g/mol. The van der Waals surface area contributed by atoms with Crippen molar-refractivity contribution < 1.29 is 13.2 Å². The molecule has 20 heavy (non-hydrogen) atoms. The van der Waals surface area contributed by atoms with Gasteiger partial charge >= 0.3 is 0 Å². The summed E-state index contributed by atoms with van der Waals surface area (Å²) in [6.07, 6.45) is 1.98. The molecule has 0 saturated carbocycles. The fourth-order valence-electron chi connectivity index (χ4n) is 2.37. The number of anilines is 2. The lowest BCUT2D eigenvalue weighted by atomic mass is 10.1. The lowest BCUT2D eigenvalue weighted by Gasteiger charge is -2.19. The van der Waals surface area contributed by atoms with Gasteiger partial charge in [0.25, 0.3) is 0 Å². The molecule has 0 aliphatic carbocycles. The fraction of sp³-hybridized carbons (Fsp3) is 0.500.